The SMILES string of the molecule is Cc1ccc(S(=O)(=O)O)c(CC(C)(C)N)c1. The summed E-state index contributed by atoms with van der Waals surface area (Å²) in [5.41, 5.74) is 6.82. The van der Waals surface area contributed by atoms with Crippen molar-refractivity contribution in [3.05, 3.63) is 29.3 Å². The molecule has 3 N–H and O–H groups in total. The Morgan fingerprint density at radius 1 is 1.38 bits per heavy atom. The van der Waals surface area contributed by atoms with Gasteiger partial charge in [-0.2, -0.15) is 8.42 Å². The molecule has 0 saturated heterocycles. The van der Waals surface area contributed by atoms with Crippen LogP contribution in [0.2, 0.25) is 0 Å². The zero-order valence-electron chi connectivity index (χ0n) is 9.69. The van der Waals surface area contributed by atoms with E-state index >= 15 is 0 Å². The van der Waals surface area contributed by atoms with Crippen molar-refractivity contribution < 1.29 is 13.0 Å². The lowest BCUT2D eigenvalue weighted by Gasteiger charge is -2.20. The Morgan fingerprint density at radius 3 is 2.38 bits per heavy atom. The van der Waals surface area contributed by atoms with Crippen LogP contribution < -0.4 is 5.73 Å². The van der Waals surface area contributed by atoms with Crippen molar-refractivity contribution in [3.8, 4) is 0 Å². The predicted octanol–water partition coefficient (Wildman–Crippen LogP) is 1.52. The molecule has 0 amide bonds. The van der Waals surface area contributed by atoms with E-state index in [1.165, 1.54) is 6.07 Å². The molecule has 0 spiro atoms. The van der Waals surface area contributed by atoms with Gasteiger partial charge in [0.05, 0.1) is 4.90 Å². The average molecular weight is 243 g/mol. The van der Waals surface area contributed by atoms with Gasteiger partial charge in [0.1, 0.15) is 0 Å². The molecular formula is C11H17NO3S. The van der Waals surface area contributed by atoms with Crippen molar-refractivity contribution in [1.82, 2.24) is 0 Å². The van der Waals surface area contributed by atoms with Crippen molar-refractivity contribution in [1.29, 1.82) is 0 Å². The van der Waals surface area contributed by atoms with Crippen molar-refractivity contribution in [2.45, 2.75) is 37.6 Å². The van der Waals surface area contributed by atoms with E-state index in [0.29, 0.717) is 12.0 Å². The standard InChI is InChI=1S/C11H17NO3S/c1-8-4-5-10(16(13,14)15)9(6-8)7-11(2,3)12/h4-6H,7,12H2,1-3H3,(H,13,14,15). The van der Waals surface area contributed by atoms with Crippen LogP contribution in [0.4, 0.5) is 0 Å². The summed E-state index contributed by atoms with van der Waals surface area (Å²) in [5, 5.41) is 0. The van der Waals surface area contributed by atoms with E-state index in [1.807, 2.05) is 20.8 Å². The van der Waals surface area contributed by atoms with Gasteiger partial charge in [0.15, 0.2) is 0 Å². The van der Waals surface area contributed by atoms with Crippen LogP contribution in [0.15, 0.2) is 23.1 Å². The van der Waals surface area contributed by atoms with Gasteiger partial charge in [-0.05, 0) is 38.8 Å². The Morgan fingerprint density at radius 2 is 1.94 bits per heavy atom. The molecular weight excluding hydrogens is 226 g/mol. The van der Waals surface area contributed by atoms with Gasteiger partial charge in [-0.1, -0.05) is 17.7 Å². The largest absolute Gasteiger partial charge is 0.325 e. The minimum Gasteiger partial charge on any atom is -0.325 e. The minimum atomic E-state index is -4.18. The molecule has 0 saturated carbocycles. The van der Waals surface area contributed by atoms with Crippen LogP contribution in [0, 0.1) is 6.92 Å². The summed E-state index contributed by atoms with van der Waals surface area (Å²) < 4.78 is 31.4. The molecule has 1 aromatic rings. The van der Waals surface area contributed by atoms with Gasteiger partial charge in [-0.25, -0.2) is 0 Å². The molecule has 0 bridgehead atoms. The first-order chi connectivity index (χ1) is 7.09. The van der Waals surface area contributed by atoms with Gasteiger partial charge < -0.3 is 5.73 Å². The number of rotatable bonds is 3. The first-order valence-corrected chi connectivity index (χ1v) is 6.39. The number of benzene rings is 1. The van der Waals surface area contributed by atoms with E-state index in [4.69, 9.17) is 10.3 Å². The highest BCUT2D eigenvalue weighted by Gasteiger charge is 2.20. The lowest BCUT2D eigenvalue weighted by Crippen LogP contribution is -2.35. The van der Waals surface area contributed by atoms with E-state index < -0.39 is 15.7 Å². The molecule has 0 aliphatic carbocycles. The molecule has 0 heterocycles. The summed E-state index contributed by atoms with van der Waals surface area (Å²) in [5.74, 6) is 0. The van der Waals surface area contributed by atoms with Crippen molar-refractivity contribution in [2.24, 2.45) is 5.73 Å². The number of hydrogen-bond donors (Lipinski definition) is 2. The third-order valence-electron chi connectivity index (χ3n) is 2.14. The number of nitrogens with two attached hydrogens (primary N) is 1. The van der Waals surface area contributed by atoms with Gasteiger partial charge >= 0.3 is 0 Å². The molecule has 0 unspecified atom stereocenters. The second-order valence-corrected chi connectivity index (χ2v) is 6.14. The van der Waals surface area contributed by atoms with Crippen LogP contribution in [0.3, 0.4) is 0 Å². The Labute approximate surface area is 96.2 Å². The highest BCUT2D eigenvalue weighted by molar-refractivity contribution is 7.85. The van der Waals surface area contributed by atoms with Crippen molar-refractivity contribution >= 4 is 10.1 Å². The summed E-state index contributed by atoms with van der Waals surface area (Å²) >= 11 is 0. The monoisotopic (exact) mass is 243 g/mol. The van der Waals surface area contributed by atoms with E-state index in [0.717, 1.165) is 5.56 Å². The van der Waals surface area contributed by atoms with Crippen molar-refractivity contribution in [3.63, 3.8) is 0 Å². The zero-order valence-corrected chi connectivity index (χ0v) is 10.5. The normalized spacial score (nSPS) is 12.8. The van der Waals surface area contributed by atoms with E-state index in [-0.39, 0.29) is 4.90 Å². The maximum absolute atomic E-state index is 11.2. The number of hydrogen-bond acceptors (Lipinski definition) is 3. The molecule has 0 aliphatic rings. The summed E-state index contributed by atoms with van der Waals surface area (Å²) in [6, 6.07) is 4.79. The van der Waals surface area contributed by atoms with Gasteiger partial charge in [0.2, 0.25) is 0 Å². The first-order valence-electron chi connectivity index (χ1n) is 4.95. The quantitative estimate of drug-likeness (QED) is 0.789. The Kier molecular flexibility index (Phi) is 3.42. The lowest BCUT2D eigenvalue weighted by molar-refractivity contribution is 0.477. The summed E-state index contributed by atoms with van der Waals surface area (Å²) in [4.78, 5) is -0.0587. The van der Waals surface area contributed by atoms with Crippen LogP contribution >= 0.6 is 0 Å². The van der Waals surface area contributed by atoms with Gasteiger partial charge in [0.25, 0.3) is 10.1 Å². The molecule has 0 fully saturated rings. The molecule has 16 heavy (non-hydrogen) atoms. The Hall–Kier alpha value is -0.910. The fourth-order valence-corrected chi connectivity index (χ4v) is 2.29. The van der Waals surface area contributed by atoms with Crippen LogP contribution in [-0.4, -0.2) is 18.5 Å². The third kappa shape index (κ3) is 3.59. The topological polar surface area (TPSA) is 80.4 Å². The number of aryl methyl sites for hydroxylation is 1. The molecule has 4 nitrogen and oxygen atoms in total. The second kappa shape index (κ2) is 4.16. The van der Waals surface area contributed by atoms with E-state index in [1.54, 1.807) is 12.1 Å². The zero-order chi connectivity index (χ0) is 12.6. The fraction of sp³-hybridized carbons (Fsp3) is 0.455. The Balaban J connectivity index is 3.30. The highest BCUT2D eigenvalue weighted by Crippen LogP contribution is 2.21. The fourth-order valence-electron chi connectivity index (χ4n) is 1.59. The van der Waals surface area contributed by atoms with Crippen molar-refractivity contribution in [2.75, 3.05) is 0 Å². The molecule has 0 aliphatic heterocycles. The van der Waals surface area contributed by atoms with Gasteiger partial charge in [-0.3, -0.25) is 4.55 Å². The van der Waals surface area contributed by atoms with Gasteiger partial charge in [-0.15, -0.1) is 0 Å². The summed E-state index contributed by atoms with van der Waals surface area (Å²) in [6.45, 7) is 5.48. The highest BCUT2D eigenvalue weighted by atomic mass is 32.2. The van der Waals surface area contributed by atoms with Crippen LogP contribution in [-0.2, 0) is 16.5 Å². The maximum Gasteiger partial charge on any atom is 0.294 e. The Bertz CT molecular complexity index is 486. The molecule has 90 valence electrons. The average Bonchev–Trinajstić information content (AvgIpc) is 1.97. The van der Waals surface area contributed by atoms with E-state index in [9.17, 15) is 8.42 Å². The van der Waals surface area contributed by atoms with Crippen LogP contribution in [0.5, 0.6) is 0 Å². The molecule has 5 heteroatoms. The van der Waals surface area contributed by atoms with Crippen LogP contribution in [0.1, 0.15) is 25.0 Å². The molecule has 0 aromatic heterocycles. The molecule has 1 rings (SSSR count). The van der Waals surface area contributed by atoms with Gasteiger partial charge in [0, 0.05) is 5.54 Å². The first kappa shape index (κ1) is 13.2. The minimum absolute atomic E-state index is 0.0587. The summed E-state index contributed by atoms with van der Waals surface area (Å²) in [7, 11) is -4.18. The molecule has 0 radical (unpaired) electrons. The lowest BCUT2D eigenvalue weighted by atomic mass is 9.95. The third-order valence-corrected chi connectivity index (χ3v) is 3.09. The van der Waals surface area contributed by atoms with Crippen LogP contribution in [0.25, 0.3) is 0 Å². The predicted molar refractivity (Wildman–Crippen MR) is 63.0 cm³/mol. The maximum atomic E-state index is 11.2. The molecule has 0 atom stereocenters. The summed E-state index contributed by atoms with van der Waals surface area (Å²) in [6.07, 6.45) is 0.393. The second-order valence-electron chi connectivity index (χ2n) is 4.75. The molecule has 1 aromatic carbocycles. The smallest absolute Gasteiger partial charge is 0.294 e. The van der Waals surface area contributed by atoms with E-state index in [2.05, 4.69) is 0 Å².